The molecule has 12 heteroatoms. The number of nitrogens with one attached hydrogen (secondary N) is 2. The Kier molecular flexibility index (Phi) is 15.4. The molecule has 1 aliphatic carbocycles. The molecule has 0 saturated carbocycles. The molecule has 1 aliphatic heterocycles. The number of fused-ring (bicyclic) bond motifs is 1. The summed E-state index contributed by atoms with van der Waals surface area (Å²) >= 11 is 0. The number of rotatable bonds is 23. The third-order valence-electron chi connectivity index (χ3n) is 9.96. The zero-order chi connectivity index (χ0) is 37.7. The van der Waals surface area contributed by atoms with Gasteiger partial charge in [-0.2, -0.15) is 0 Å². The number of aryl methyl sites for hydroxylation is 1. The Hall–Kier alpha value is -3.61. The summed E-state index contributed by atoms with van der Waals surface area (Å²) in [6, 6.07) is 11.0. The Morgan fingerprint density at radius 3 is 2.27 bits per heavy atom. The number of likely N-dealkylation sites (N-methyl/N-ethyl adjacent to an activating group) is 1. The van der Waals surface area contributed by atoms with Crippen molar-refractivity contribution in [3.63, 3.8) is 0 Å². The topological polar surface area (TPSA) is 137 Å². The van der Waals surface area contributed by atoms with E-state index in [-0.39, 0.29) is 30.6 Å². The number of anilines is 2. The number of ether oxygens (including phenoxy) is 1. The van der Waals surface area contributed by atoms with Crippen LogP contribution in [0.3, 0.4) is 0 Å². The predicted molar refractivity (Wildman–Crippen MR) is 210 cm³/mol. The molecule has 1 fully saturated rings. The van der Waals surface area contributed by atoms with Crippen molar-refractivity contribution in [3.8, 4) is 0 Å². The molecule has 286 valence electrons. The molecule has 2 amide bonds. The number of sulfonamides is 1. The lowest BCUT2D eigenvalue weighted by molar-refractivity contribution is -0.115. The first-order chi connectivity index (χ1) is 24.9. The molecule has 0 aromatic heterocycles. The van der Waals surface area contributed by atoms with Crippen LogP contribution in [0.4, 0.5) is 17.1 Å². The predicted octanol–water partition coefficient (Wildman–Crippen LogP) is 6.94. The number of Topliss-reactive ketones (excluding diaryl/α,β-unsaturated/α-hetero) is 1. The van der Waals surface area contributed by atoms with Gasteiger partial charge in [0.25, 0.3) is 5.91 Å². The van der Waals surface area contributed by atoms with E-state index in [1.807, 2.05) is 32.0 Å². The highest BCUT2D eigenvalue weighted by molar-refractivity contribution is 7.88. The Bertz CT molecular complexity index is 1690. The van der Waals surface area contributed by atoms with Gasteiger partial charge in [0.2, 0.25) is 15.9 Å². The summed E-state index contributed by atoms with van der Waals surface area (Å²) in [6.07, 6.45) is 14.6. The van der Waals surface area contributed by atoms with Gasteiger partial charge < -0.3 is 19.9 Å². The molecular weight excluding hydrogens is 679 g/mol. The lowest BCUT2D eigenvalue weighted by Crippen LogP contribution is -2.39. The monoisotopic (exact) mass is 737 g/mol. The van der Waals surface area contributed by atoms with Crippen molar-refractivity contribution in [2.24, 2.45) is 4.99 Å². The summed E-state index contributed by atoms with van der Waals surface area (Å²) in [6.45, 7) is 10.7. The van der Waals surface area contributed by atoms with E-state index in [2.05, 4.69) is 21.9 Å². The largest absolute Gasteiger partial charge is 0.381 e. The number of carbonyl (C=O) groups is 3. The minimum absolute atomic E-state index is 0.104. The number of nitrogens with zero attached hydrogens (tertiary/aromatic N) is 3. The van der Waals surface area contributed by atoms with Crippen LogP contribution in [0.25, 0.3) is 0 Å². The molecular formula is C40H59N5O6S. The molecule has 2 aromatic rings. The molecule has 2 aliphatic rings. The van der Waals surface area contributed by atoms with Crippen molar-refractivity contribution in [2.75, 3.05) is 55.9 Å². The van der Waals surface area contributed by atoms with Gasteiger partial charge in [0.1, 0.15) is 0 Å². The highest BCUT2D eigenvalue weighted by Crippen LogP contribution is 2.47. The molecule has 4 rings (SSSR count). The van der Waals surface area contributed by atoms with Crippen molar-refractivity contribution in [1.82, 2.24) is 9.62 Å². The average molecular weight is 738 g/mol. The van der Waals surface area contributed by atoms with E-state index in [1.165, 1.54) is 64.7 Å². The van der Waals surface area contributed by atoms with E-state index in [0.29, 0.717) is 67.5 Å². The van der Waals surface area contributed by atoms with Crippen LogP contribution in [0.1, 0.15) is 119 Å². The summed E-state index contributed by atoms with van der Waals surface area (Å²) in [7, 11) is -3.29. The molecule has 0 bridgehead atoms. The number of ketones is 1. The Balaban J connectivity index is 1.42. The highest BCUT2D eigenvalue weighted by atomic mass is 32.2. The molecule has 1 saturated heterocycles. The molecule has 2 N–H and O–H groups in total. The number of hydrogen-bond donors (Lipinski definition) is 2. The van der Waals surface area contributed by atoms with E-state index < -0.39 is 15.6 Å². The molecule has 1 atom stereocenters. The third-order valence-corrected chi connectivity index (χ3v) is 10.7. The van der Waals surface area contributed by atoms with E-state index in [9.17, 15) is 22.8 Å². The van der Waals surface area contributed by atoms with Gasteiger partial charge in [0.15, 0.2) is 11.3 Å². The molecule has 2 aromatic carbocycles. The molecule has 1 heterocycles. The van der Waals surface area contributed by atoms with Crippen LogP contribution >= 0.6 is 0 Å². The number of benzene rings is 2. The molecule has 1 unspecified atom stereocenters. The maximum Gasteiger partial charge on any atom is 0.258 e. The first-order valence-corrected chi connectivity index (χ1v) is 21.1. The normalized spacial score (nSPS) is 17.6. The van der Waals surface area contributed by atoms with Gasteiger partial charge in [-0.1, -0.05) is 76.8 Å². The van der Waals surface area contributed by atoms with Gasteiger partial charge in [-0.25, -0.2) is 13.1 Å². The lowest BCUT2D eigenvalue weighted by atomic mass is 9.79. The molecule has 1 spiro atoms. The maximum atomic E-state index is 14.1. The van der Waals surface area contributed by atoms with Crippen LogP contribution in [0, 0.1) is 6.92 Å². The van der Waals surface area contributed by atoms with E-state index in [0.717, 1.165) is 23.9 Å². The second-order valence-electron chi connectivity index (χ2n) is 14.2. The Morgan fingerprint density at radius 1 is 0.962 bits per heavy atom. The van der Waals surface area contributed by atoms with Crippen molar-refractivity contribution in [1.29, 1.82) is 0 Å². The quantitative estimate of drug-likeness (QED) is 0.0716. The van der Waals surface area contributed by atoms with Crippen molar-refractivity contribution >= 4 is 50.4 Å². The SMILES string of the molecule is CCCCCCCCCCCCOCCCN1C(=O)C12CC(=Nc1ccc(N(CC)CCNS(C)(=O)=O)cc1C)c1c(NC(C)=O)cccc1C2=O. The van der Waals surface area contributed by atoms with Gasteiger partial charge in [0, 0.05) is 69.6 Å². The number of aliphatic imine (C=N–C) groups is 1. The van der Waals surface area contributed by atoms with Crippen LogP contribution in [-0.4, -0.2) is 87.8 Å². The van der Waals surface area contributed by atoms with Crippen molar-refractivity contribution in [2.45, 2.75) is 110 Å². The minimum atomic E-state index is -3.29. The van der Waals surface area contributed by atoms with Crippen LogP contribution < -0.4 is 14.9 Å². The minimum Gasteiger partial charge on any atom is -0.381 e. The van der Waals surface area contributed by atoms with E-state index >= 15 is 0 Å². The maximum absolute atomic E-state index is 14.1. The summed E-state index contributed by atoms with van der Waals surface area (Å²) in [5.74, 6) is -0.741. The number of hydrogen-bond acceptors (Lipinski definition) is 8. The summed E-state index contributed by atoms with van der Waals surface area (Å²) < 4.78 is 31.5. The fourth-order valence-electron chi connectivity index (χ4n) is 7.13. The van der Waals surface area contributed by atoms with Crippen molar-refractivity contribution < 1.29 is 27.5 Å². The number of carbonyl (C=O) groups excluding carboxylic acids is 3. The summed E-state index contributed by atoms with van der Waals surface area (Å²) in [5, 5.41) is 2.86. The molecule has 0 radical (unpaired) electrons. The van der Waals surface area contributed by atoms with Crippen LogP contribution in [0.2, 0.25) is 0 Å². The van der Waals surface area contributed by atoms with Crippen molar-refractivity contribution in [3.05, 3.63) is 53.1 Å². The van der Waals surface area contributed by atoms with Crippen LogP contribution in [0.5, 0.6) is 0 Å². The van der Waals surface area contributed by atoms with E-state index in [1.54, 1.807) is 23.1 Å². The zero-order valence-corrected chi connectivity index (χ0v) is 32.7. The number of unbranched alkanes of at least 4 members (excludes halogenated alkanes) is 9. The fraction of sp³-hybridized carbons (Fsp3) is 0.600. The van der Waals surface area contributed by atoms with Gasteiger partial charge >= 0.3 is 0 Å². The molecule has 11 nitrogen and oxygen atoms in total. The Labute approximate surface area is 311 Å². The summed E-state index contributed by atoms with van der Waals surface area (Å²) in [4.78, 5) is 48.5. The average Bonchev–Trinajstić information content (AvgIpc) is 3.66. The van der Waals surface area contributed by atoms with Gasteiger partial charge in [0.05, 0.1) is 23.3 Å². The third kappa shape index (κ3) is 11.0. The Morgan fingerprint density at radius 2 is 1.63 bits per heavy atom. The second-order valence-corrected chi connectivity index (χ2v) is 16.0. The smallest absolute Gasteiger partial charge is 0.258 e. The van der Waals surface area contributed by atoms with Crippen LogP contribution in [-0.2, 0) is 24.3 Å². The van der Waals surface area contributed by atoms with Crippen LogP contribution in [0.15, 0.2) is 41.4 Å². The lowest BCUT2D eigenvalue weighted by Gasteiger charge is -2.27. The molecule has 52 heavy (non-hydrogen) atoms. The first-order valence-electron chi connectivity index (χ1n) is 19.2. The van der Waals surface area contributed by atoms with Gasteiger partial charge in [-0.15, -0.1) is 0 Å². The van der Waals surface area contributed by atoms with Gasteiger partial charge in [-0.3, -0.25) is 19.4 Å². The second kappa shape index (κ2) is 19.5. The highest BCUT2D eigenvalue weighted by Gasteiger charge is 2.69. The van der Waals surface area contributed by atoms with Gasteiger partial charge in [-0.05, 0) is 56.5 Å². The standard InChI is InChI=1S/C40H59N5O6S/c1-6-8-9-10-11-12-13-14-15-16-26-51-27-18-24-45-39(48)40(45)29-36(37-33(38(40)47)19-17-20-35(37)42-31(4)46)43-34-22-21-32(28-30(34)3)44(7-2)25-23-41-52(5,49)50/h17,19-22,28,41H,6-16,18,23-27,29H2,1-5H3,(H,42,46). The number of amides is 2. The van der Waals surface area contributed by atoms with E-state index in [4.69, 9.17) is 9.73 Å². The zero-order valence-electron chi connectivity index (χ0n) is 31.9. The first kappa shape index (κ1) is 41.2. The fourth-order valence-corrected chi connectivity index (χ4v) is 7.59. The summed E-state index contributed by atoms with van der Waals surface area (Å²) in [5.41, 5.74) is 3.13.